The van der Waals surface area contributed by atoms with Gasteiger partial charge in [0.1, 0.15) is 10.8 Å². The molecule has 0 aromatic carbocycles. The molecular formula is C16H23ClN4O2. The van der Waals surface area contributed by atoms with Crippen molar-refractivity contribution in [2.45, 2.75) is 32.9 Å². The normalized spacial score (nSPS) is 24.8. The summed E-state index contributed by atoms with van der Waals surface area (Å²) in [5.41, 5.74) is 0.493. The molecule has 0 N–H and O–H groups in total. The van der Waals surface area contributed by atoms with Crippen molar-refractivity contribution in [2.24, 2.45) is 11.8 Å². The first-order valence-corrected chi connectivity index (χ1v) is 8.34. The van der Waals surface area contributed by atoms with Crippen molar-refractivity contribution in [1.29, 1.82) is 0 Å². The van der Waals surface area contributed by atoms with Gasteiger partial charge in [-0.2, -0.15) is 0 Å². The van der Waals surface area contributed by atoms with Crippen LogP contribution in [-0.4, -0.2) is 57.6 Å². The molecule has 1 aromatic rings. The smallest absolute Gasteiger partial charge is 0.410 e. The Labute approximate surface area is 141 Å². The summed E-state index contributed by atoms with van der Waals surface area (Å²) in [6.45, 7) is 10.0. The van der Waals surface area contributed by atoms with Crippen LogP contribution in [0.2, 0.25) is 5.15 Å². The Morgan fingerprint density at radius 2 is 1.87 bits per heavy atom. The quantitative estimate of drug-likeness (QED) is 0.829. The summed E-state index contributed by atoms with van der Waals surface area (Å²) in [6.07, 6.45) is 3.11. The van der Waals surface area contributed by atoms with E-state index in [1.165, 1.54) is 0 Å². The Hall–Kier alpha value is -1.40. The molecule has 0 radical (unpaired) electrons. The predicted octanol–water partition coefficient (Wildman–Crippen LogP) is 2.43. The van der Waals surface area contributed by atoms with E-state index >= 15 is 0 Å². The van der Waals surface area contributed by atoms with Crippen LogP contribution in [0.15, 0.2) is 12.4 Å². The molecule has 1 amide bonds. The number of carbonyl (C=O) groups excluding carboxylic acids is 1. The molecule has 0 aliphatic carbocycles. The van der Waals surface area contributed by atoms with Gasteiger partial charge in [0, 0.05) is 32.7 Å². The number of likely N-dealkylation sites (tertiary alicyclic amines) is 2. The molecule has 3 rings (SSSR count). The molecule has 7 heteroatoms. The number of rotatable bonds is 2. The first-order chi connectivity index (χ1) is 10.8. The van der Waals surface area contributed by atoms with Crippen molar-refractivity contribution in [1.82, 2.24) is 19.8 Å². The minimum Gasteiger partial charge on any atom is -0.444 e. The van der Waals surface area contributed by atoms with Gasteiger partial charge in [-0.25, -0.2) is 9.78 Å². The van der Waals surface area contributed by atoms with Crippen molar-refractivity contribution in [2.75, 3.05) is 26.2 Å². The van der Waals surface area contributed by atoms with Gasteiger partial charge in [-0.1, -0.05) is 11.6 Å². The van der Waals surface area contributed by atoms with Crippen LogP contribution in [0, 0.1) is 11.8 Å². The summed E-state index contributed by atoms with van der Waals surface area (Å²) in [7, 11) is 0. The van der Waals surface area contributed by atoms with Crippen molar-refractivity contribution in [3.8, 4) is 0 Å². The van der Waals surface area contributed by atoms with Crippen molar-refractivity contribution in [3.05, 3.63) is 23.2 Å². The zero-order valence-electron chi connectivity index (χ0n) is 13.8. The number of ether oxygens (including phenoxy) is 1. The number of halogens is 1. The van der Waals surface area contributed by atoms with Crippen LogP contribution in [0.5, 0.6) is 0 Å². The highest BCUT2D eigenvalue weighted by molar-refractivity contribution is 6.29. The van der Waals surface area contributed by atoms with E-state index < -0.39 is 5.60 Å². The number of nitrogens with zero attached hydrogens (tertiary/aromatic N) is 4. The molecule has 2 atom stereocenters. The lowest BCUT2D eigenvalue weighted by Gasteiger charge is -2.25. The molecule has 0 unspecified atom stereocenters. The molecule has 3 heterocycles. The molecule has 1 aromatic heterocycles. The largest absolute Gasteiger partial charge is 0.444 e. The molecule has 0 spiro atoms. The number of amides is 1. The molecule has 2 saturated heterocycles. The molecule has 126 valence electrons. The highest BCUT2D eigenvalue weighted by atomic mass is 35.5. The molecule has 0 saturated carbocycles. The topological polar surface area (TPSA) is 58.6 Å². The second-order valence-corrected chi connectivity index (χ2v) is 7.82. The third-order valence-corrected chi connectivity index (χ3v) is 4.47. The van der Waals surface area contributed by atoms with Gasteiger partial charge in [-0.15, -0.1) is 0 Å². The average Bonchev–Trinajstić information content (AvgIpc) is 2.97. The summed E-state index contributed by atoms with van der Waals surface area (Å²) >= 11 is 5.76. The van der Waals surface area contributed by atoms with Crippen LogP contribution in [0.4, 0.5) is 4.79 Å². The van der Waals surface area contributed by atoms with E-state index in [9.17, 15) is 4.79 Å². The van der Waals surface area contributed by atoms with E-state index in [1.807, 2.05) is 25.7 Å². The Morgan fingerprint density at radius 1 is 1.22 bits per heavy atom. The van der Waals surface area contributed by atoms with E-state index in [1.54, 1.807) is 12.4 Å². The van der Waals surface area contributed by atoms with Crippen LogP contribution in [0.3, 0.4) is 0 Å². The van der Waals surface area contributed by atoms with Gasteiger partial charge >= 0.3 is 6.09 Å². The maximum Gasteiger partial charge on any atom is 0.410 e. The average molecular weight is 339 g/mol. The molecule has 2 aliphatic rings. The third-order valence-electron chi connectivity index (χ3n) is 4.27. The standard InChI is InChI=1S/C16H23ClN4O2/c1-16(2,3)23-15(22)21-8-11-6-20(7-12(11)9-21)10-13-4-19-14(17)5-18-13/h4-5,11-12H,6-10H2,1-3H3/t11-,12+. The molecule has 2 fully saturated rings. The second kappa shape index (κ2) is 6.24. The number of fused-ring (bicyclic) bond motifs is 1. The summed E-state index contributed by atoms with van der Waals surface area (Å²) < 4.78 is 5.46. The van der Waals surface area contributed by atoms with E-state index in [0.717, 1.165) is 38.4 Å². The number of aromatic nitrogens is 2. The van der Waals surface area contributed by atoms with Crippen LogP contribution < -0.4 is 0 Å². The van der Waals surface area contributed by atoms with Crippen LogP contribution in [0.25, 0.3) is 0 Å². The molecular weight excluding hydrogens is 316 g/mol. The fourth-order valence-electron chi connectivity index (χ4n) is 3.34. The van der Waals surface area contributed by atoms with E-state index in [0.29, 0.717) is 17.0 Å². The van der Waals surface area contributed by atoms with Gasteiger partial charge in [0.2, 0.25) is 0 Å². The molecule has 6 nitrogen and oxygen atoms in total. The highest BCUT2D eigenvalue weighted by Crippen LogP contribution is 2.32. The first kappa shape index (κ1) is 16.5. The van der Waals surface area contributed by atoms with Crippen LogP contribution >= 0.6 is 11.6 Å². The maximum absolute atomic E-state index is 12.2. The molecule has 23 heavy (non-hydrogen) atoms. The Balaban J connectivity index is 1.51. The van der Waals surface area contributed by atoms with Crippen molar-refractivity contribution in [3.63, 3.8) is 0 Å². The van der Waals surface area contributed by atoms with Gasteiger partial charge in [0.15, 0.2) is 0 Å². The third kappa shape index (κ3) is 4.12. The summed E-state index contributed by atoms with van der Waals surface area (Å²) in [4.78, 5) is 24.7. The zero-order chi connectivity index (χ0) is 16.6. The lowest BCUT2D eigenvalue weighted by molar-refractivity contribution is 0.0274. The van der Waals surface area contributed by atoms with Crippen LogP contribution in [-0.2, 0) is 11.3 Å². The van der Waals surface area contributed by atoms with Gasteiger partial charge < -0.3 is 9.64 Å². The van der Waals surface area contributed by atoms with Crippen molar-refractivity contribution >= 4 is 17.7 Å². The minimum atomic E-state index is -0.436. The highest BCUT2D eigenvalue weighted by Gasteiger charge is 2.42. The minimum absolute atomic E-state index is 0.193. The SMILES string of the molecule is CC(C)(C)OC(=O)N1C[C@H]2CN(Cc3cnc(Cl)cn3)C[C@H]2C1. The predicted molar refractivity (Wildman–Crippen MR) is 87.1 cm³/mol. The number of hydrogen-bond donors (Lipinski definition) is 0. The monoisotopic (exact) mass is 338 g/mol. The Kier molecular flexibility index (Phi) is 4.47. The maximum atomic E-state index is 12.2. The number of hydrogen-bond acceptors (Lipinski definition) is 5. The van der Waals surface area contributed by atoms with E-state index in [2.05, 4.69) is 14.9 Å². The summed E-state index contributed by atoms with van der Waals surface area (Å²) in [5, 5.41) is 0.417. The van der Waals surface area contributed by atoms with E-state index in [-0.39, 0.29) is 6.09 Å². The van der Waals surface area contributed by atoms with Gasteiger partial charge in [0.05, 0.1) is 18.1 Å². The fraction of sp³-hybridized carbons (Fsp3) is 0.688. The number of carbonyl (C=O) groups is 1. The lowest BCUT2D eigenvalue weighted by atomic mass is 10.0. The summed E-state index contributed by atoms with van der Waals surface area (Å²) in [5.74, 6) is 1.03. The Morgan fingerprint density at radius 3 is 2.39 bits per heavy atom. The lowest BCUT2D eigenvalue weighted by Crippen LogP contribution is -2.37. The molecule has 0 bridgehead atoms. The second-order valence-electron chi connectivity index (χ2n) is 7.43. The first-order valence-electron chi connectivity index (χ1n) is 7.97. The van der Waals surface area contributed by atoms with E-state index in [4.69, 9.17) is 16.3 Å². The zero-order valence-corrected chi connectivity index (χ0v) is 14.6. The van der Waals surface area contributed by atoms with Gasteiger partial charge in [-0.05, 0) is 32.6 Å². The van der Waals surface area contributed by atoms with Crippen molar-refractivity contribution < 1.29 is 9.53 Å². The Bertz CT molecular complexity index is 558. The summed E-state index contributed by atoms with van der Waals surface area (Å²) in [6, 6.07) is 0. The van der Waals surface area contributed by atoms with Gasteiger partial charge in [0.25, 0.3) is 0 Å². The van der Waals surface area contributed by atoms with Gasteiger partial charge in [-0.3, -0.25) is 9.88 Å². The fourth-order valence-corrected chi connectivity index (χ4v) is 3.44. The molecule has 2 aliphatic heterocycles. The van der Waals surface area contributed by atoms with Crippen LogP contribution in [0.1, 0.15) is 26.5 Å².